The van der Waals surface area contributed by atoms with Crippen molar-refractivity contribution in [3.8, 4) is 5.75 Å². The molecular weight excluding hydrogens is 254 g/mol. The van der Waals surface area contributed by atoms with Crippen LogP contribution in [0.25, 0.3) is 0 Å². The molecule has 19 heavy (non-hydrogen) atoms. The van der Waals surface area contributed by atoms with Crippen molar-refractivity contribution in [2.45, 2.75) is 32.2 Å². The Morgan fingerprint density at radius 3 is 2.53 bits per heavy atom. The highest BCUT2D eigenvalue weighted by Crippen LogP contribution is 2.14. The Balaban J connectivity index is 1.75. The van der Waals surface area contributed by atoms with E-state index < -0.39 is 0 Å². The van der Waals surface area contributed by atoms with Crippen LogP contribution >= 0.6 is 11.3 Å². The van der Waals surface area contributed by atoms with Crippen LogP contribution in [0.1, 0.15) is 24.5 Å². The second-order valence-corrected chi connectivity index (χ2v) is 5.67. The predicted octanol–water partition coefficient (Wildman–Crippen LogP) is 3.65. The Hall–Kier alpha value is -1.32. The highest BCUT2D eigenvalue weighted by molar-refractivity contribution is 7.07. The fourth-order valence-electron chi connectivity index (χ4n) is 1.87. The van der Waals surface area contributed by atoms with Crippen molar-refractivity contribution < 1.29 is 4.74 Å². The molecule has 0 amide bonds. The van der Waals surface area contributed by atoms with Crippen LogP contribution in [0.5, 0.6) is 5.75 Å². The summed E-state index contributed by atoms with van der Waals surface area (Å²) >= 11 is 1.73. The Kier molecular flexibility index (Phi) is 5.43. The molecule has 102 valence electrons. The predicted molar refractivity (Wildman–Crippen MR) is 81.9 cm³/mol. The SMILES string of the molecule is CC(N)CCc1ccc(OCCc2ccsc2)cc1. The number of nitrogens with two attached hydrogens (primary N) is 1. The van der Waals surface area contributed by atoms with Gasteiger partial charge in [-0.1, -0.05) is 12.1 Å². The van der Waals surface area contributed by atoms with E-state index in [4.69, 9.17) is 10.5 Å². The topological polar surface area (TPSA) is 35.2 Å². The van der Waals surface area contributed by atoms with Gasteiger partial charge in [0.05, 0.1) is 6.61 Å². The van der Waals surface area contributed by atoms with Crippen molar-refractivity contribution in [2.24, 2.45) is 5.73 Å². The third-order valence-electron chi connectivity index (χ3n) is 3.05. The molecule has 0 aliphatic rings. The lowest BCUT2D eigenvalue weighted by Gasteiger charge is -2.08. The van der Waals surface area contributed by atoms with E-state index in [0.29, 0.717) is 0 Å². The minimum atomic E-state index is 0.265. The zero-order valence-electron chi connectivity index (χ0n) is 11.3. The number of benzene rings is 1. The van der Waals surface area contributed by atoms with E-state index in [9.17, 15) is 0 Å². The fourth-order valence-corrected chi connectivity index (χ4v) is 2.57. The highest BCUT2D eigenvalue weighted by Gasteiger charge is 1.99. The van der Waals surface area contributed by atoms with E-state index in [1.165, 1.54) is 11.1 Å². The van der Waals surface area contributed by atoms with Gasteiger partial charge in [0, 0.05) is 12.5 Å². The number of hydrogen-bond acceptors (Lipinski definition) is 3. The summed E-state index contributed by atoms with van der Waals surface area (Å²) in [6, 6.07) is 10.8. The van der Waals surface area contributed by atoms with Gasteiger partial charge in [-0.2, -0.15) is 11.3 Å². The van der Waals surface area contributed by atoms with Gasteiger partial charge < -0.3 is 10.5 Å². The first-order valence-electron chi connectivity index (χ1n) is 6.72. The second-order valence-electron chi connectivity index (χ2n) is 4.89. The molecule has 0 spiro atoms. The molecule has 0 radical (unpaired) electrons. The van der Waals surface area contributed by atoms with Gasteiger partial charge in [-0.25, -0.2) is 0 Å². The monoisotopic (exact) mass is 275 g/mol. The van der Waals surface area contributed by atoms with E-state index in [0.717, 1.165) is 31.6 Å². The summed E-state index contributed by atoms with van der Waals surface area (Å²) in [4.78, 5) is 0. The largest absolute Gasteiger partial charge is 0.493 e. The Bertz CT molecular complexity index is 462. The van der Waals surface area contributed by atoms with Gasteiger partial charge in [0.2, 0.25) is 0 Å². The smallest absolute Gasteiger partial charge is 0.119 e. The summed E-state index contributed by atoms with van der Waals surface area (Å²) in [7, 11) is 0. The van der Waals surface area contributed by atoms with Crippen LogP contribution in [0.3, 0.4) is 0 Å². The average molecular weight is 275 g/mol. The van der Waals surface area contributed by atoms with Crippen molar-refractivity contribution in [3.05, 3.63) is 52.2 Å². The third kappa shape index (κ3) is 5.05. The first-order valence-corrected chi connectivity index (χ1v) is 7.67. The quantitative estimate of drug-likeness (QED) is 0.837. The number of ether oxygens (including phenoxy) is 1. The molecule has 0 fully saturated rings. The molecule has 1 aromatic heterocycles. The third-order valence-corrected chi connectivity index (χ3v) is 3.78. The molecule has 0 aliphatic carbocycles. The van der Waals surface area contributed by atoms with E-state index in [-0.39, 0.29) is 6.04 Å². The minimum Gasteiger partial charge on any atom is -0.493 e. The summed E-state index contributed by atoms with van der Waals surface area (Å²) in [5.41, 5.74) is 8.43. The molecule has 2 rings (SSSR count). The summed E-state index contributed by atoms with van der Waals surface area (Å²) in [6.07, 6.45) is 3.03. The first-order chi connectivity index (χ1) is 9.24. The zero-order valence-corrected chi connectivity index (χ0v) is 12.2. The molecule has 2 N–H and O–H groups in total. The molecule has 0 saturated carbocycles. The summed E-state index contributed by atoms with van der Waals surface area (Å²) in [5.74, 6) is 0.944. The molecule has 1 heterocycles. The zero-order chi connectivity index (χ0) is 13.5. The molecule has 1 aromatic carbocycles. The van der Waals surface area contributed by atoms with Gasteiger partial charge in [0.1, 0.15) is 5.75 Å². The first kappa shape index (κ1) is 14.1. The van der Waals surface area contributed by atoms with Gasteiger partial charge >= 0.3 is 0 Å². The van der Waals surface area contributed by atoms with E-state index in [2.05, 4.69) is 29.0 Å². The van der Waals surface area contributed by atoms with Crippen molar-refractivity contribution in [2.75, 3.05) is 6.61 Å². The lowest BCUT2D eigenvalue weighted by atomic mass is 10.1. The summed E-state index contributed by atoms with van der Waals surface area (Å²) in [5, 5.41) is 4.27. The fraction of sp³-hybridized carbons (Fsp3) is 0.375. The van der Waals surface area contributed by atoms with Gasteiger partial charge in [-0.3, -0.25) is 0 Å². The Labute approximate surface area is 119 Å². The van der Waals surface area contributed by atoms with Gasteiger partial charge in [0.25, 0.3) is 0 Å². The highest BCUT2D eigenvalue weighted by atomic mass is 32.1. The lowest BCUT2D eigenvalue weighted by molar-refractivity contribution is 0.322. The van der Waals surface area contributed by atoms with Crippen molar-refractivity contribution in [3.63, 3.8) is 0 Å². The number of thiophene rings is 1. The maximum Gasteiger partial charge on any atom is 0.119 e. The van der Waals surface area contributed by atoms with E-state index >= 15 is 0 Å². The molecule has 1 atom stereocenters. The van der Waals surface area contributed by atoms with Crippen LogP contribution in [-0.2, 0) is 12.8 Å². The minimum absolute atomic E-state index is 0.265. The van der Waals surface area contributed by atoms with Crippen LogP contribution in [0.4, 0.5) is 0 Å². The number of hydrogen-bond donors (Lipinski definition) is 1. The average Bonchev–Trinajstić information content (AvgIpc) is 2.91. The summed E-state index contributed by atoms with van der Waals surface area (Å²) < 4.78 is 5.74. The van der Waals surface area contributed by atoms with Crippen molar-refractivity contribution in [1.29, 1.82) is 0 Å². The standard InChI is InChI=1S/C16H21NOS/c1-13(17)2-3-14-4-6-16(7-5-14)18-10-8-15-9-11-19-12-15/h4-7,9,11-13H,2-3,8,10,17H2,1H3. The van der Waals surface area contributed by atoms with E-state index in [1.807, 2.05) is 19.1 Å². The second kappa shape index (κ2) is 7.31. The van der Waals surface area contributed by atoms with Gasteiger partial charge in [-0.15, -0.1) is 0 Å². The van der Waals surface area contributed by atoms with Crippen LogP contribution < -0.4 is 10.5 Å². The molecule has 2 nitrogen and oxygen atoms in total. The van der Waals surface area contributed by atoms with Crippen LogP contribution in [-0.4, -0.2) is 12.6 Å². The van der Waals surface area contributed by atoms with Gasteiger partial charge in [-0.05, 0) is 59.9 Å². The number of aryl methyl sites for hydroxylation is 1. The Morgan fingerprint density at radius 2 is 1.89 bits per heavy atom. The molecule has 2 aromatic rings. The van der Waals surface area contributed by atoms with Crippen LogP contribution in [0, 0.1) is 0 Å². The Morgan fingerprint density at radius 1 is 1.11 bits per heavy atom. The molecule has 0 saturated heterocycles. The van der Waals surface area contributed by atoms with Gasteiger partial charge in [0.15, 0.2) is 0 Å². The normalized spacial score (nSPS) is 12.3. The van der Waals surface area contributed by atoms with Crippen molar-refractivity contribution >= 4 is 11.3 Å². The maximum atomic E-state index is 5.76. The number of rotatable bonds is 7. The molecule has 3 heteroatoms. The lowest BCUT2D eigenvalue weighted by Crippen LogP contribution is -2.15. The van der Waals surface area contributed by atoms with Crippen LogP contribution in [0.15, 0.2) is 41.1 Å². The van der Waals surface area contributed by atoms with E-state index in [1.54, 1.807) is 11.3 Å². The maximum absolute atomic E-state index is 5.76. The molecule has 0 aliphatic heterocycles. The molecule has 1 unspecified atom stereocenters. The molecule has 0 bridgehead atoms. The summed E-state index contributed by atoms with van der Waals surface area (Å²) in [6.45, 7) is 2.78. The molecular formula is C16H21NOS. The van der Waals surface area contributed by atoms with Crippen LogP contribution in [0.2, 0.25) is 0 Å². The van der Waals surface area contributed by atoms with Crippen molar-refractivity contribution in [1.82, 2.24) is 0 Å².